The van der Waals surface area contributed by atoms with E-state index in [0.717, 1.165) is 36.8 Å². The molecule has 1 fully saturated rings. The van der Waals surface area contributed by atoms with Gasteiger partial charge in [-0.25, -0.2) is 0 Å². The van der Waals surface area contributed by atoms with Gasteiger partial charge in [-0.15, -0.1) is 6.58 Å². The molecule has 22 heavy (non-hydrogen) atoms. The highest BCUT2D eigenvalue weighted by molar-refractivity contribution is 5.33. The molecule has 0 bridgehead atoms. The molecule has 2 nitrogen and oxygen atoms in total. The van der Waals surface area contributed by atoms with Crippen molar-refractivity contribution in [3.8, 4) is 11.8 Å². The van der Waals surface area contributed by atoms with Gasteiger partial charge in [0.05, 0.1) is 12.2 Å². The van der Waals surface area contributed by atoms with E-state index < -0.39 is 5.60 Å². The van der Waals surface area contributed by atoms with Crippen LogP contribution >= 0.6 is 0 Å². The molecule has 1 aliphatic rings. The van der Waals surface area contributed by atoms with E-state index in [1.807, 2.05) is 30.3 Å². The Labute approximate surface area is 133 Å². The summed E-state index contributed by atoms with van der Waals surface area (Å²) < 4.78 is 5.59. The highest BCUT2D eigenvalue weighted by Gasteiger charge is 2.37. The van der Waals surface area contributed by atoms with Gasteiger partial charge in [0.15, 0.2) is 0 Å². The molecule has 2 rings (SSSR count). The normalized spacial score (nSPS) is 24.1. The molecule has 2 atom stereocenters. The van der Waals surface area contributed by atoms with Gasteiger partial charge >= 0.3 is 0 Å². The van der Waals surface area contributed by atoms with Gasteiger partial charge in [0.2, 0.25) is 0 Å². The van der Waals surface area contributed by atoms with Crippen molar-refractivity contribution in [2.45, 2.75) is 31.3 Å². The van der Waals surface area contributed by atoms with Crippen LogP contribution in [0.15, 0.2) is 55.1 Å². The fourth-order valence-electron chi connectivity index (χ4n) is 2.98. The highest BCUT2D eigenvalue weighted by Crippen LogP contribution is 2.38. The molecule has 1 aliphatic carbocycles. The third-order valence-corrected chi connectivity index (χ3v) is 4.24. The van der Waals surface area contributed by atoms with E-state index in [2.05, 4.69) is 25.0 Å². The van der Waals surface area contributed by atoms with Crippen molar-refractivity contribution in [3.05, 3.63) is 60.7 Å². The summed E-state index contributed by atoms with van der Waals surface area (Å²) in [4.78, 5) is 0. The van der Waals surface area contributed by atoms with E-state index >= 15 is 0 Å². The summed E-state index contributed by atoms with van der Waals surface area (Å²) in [5.41, 5.74) is 1.09. The number of ether oxygens (including phenoxy) is 1. The third kappa shape index (κ3) is 4.34. The highest BCUT2D eigenvalue weighted by atomic mass is 16.5. The Morgan fingerprint density at radius 3 is 2.86 bits per heavy atom. The molecule has 0 radical (unpaired) electrons. The van der Waals surface area contributed by atoms with Gasteiger partial charge in [0, 0.05) is 11.5 Å². The predicted molar refractivity (Wildman–Crippen MR) is 90.4 cm³/mol. The second-order valence-corrected chi connectivity index (χ2v) is 5.81. The van der Waals surface area contributed by atoms with Crippen LogP contribution in [-0.4, -0.2) is 23.9 Å². The second kappa shape index (κ2) is 7.98. The van der Waals surface area contributed by atoms with Crippen LogP contribution in [0.3, 0.4) is 0 Å². The lowest BCUT2D eigenvalue weighted by molar-refractivity contribution is 0.00539. The molecule has 0 spiro atoms. The first-order chi connectivity index (χ1) is 10.7. The second-order valence-electron chi connectivity index (χ2n) is 5.81. The zero-order chi connectivity index (χ0) is 15.8. The Morgan fingerprint density at radius 1 is 1.36 bits per heavy atom. The van der Waals surface area contributed by atoms with Crippen LogP contribution in [0.2, 0.25) is 0 Å². The van der Waals surface area contributed by atoms with Gasteiger partial charge in [0.25, 0.3) is 0 Å². The van der Waals surface area contributed by atoms with E-state index in [-0.39, 0.29) is 5.92 Å². The van der Waals surface area contributed by atoms with Gasteiger partial charge in [-0.3, -0.25) is 0 Å². The van der Waals surface area contributed by atoms with Gasteiger partial charge in [-0.1, -0.05) is 55.5 Å². The van der Waals surface area contributed by atoms with Crippen LogP contribution < -0.4 is 0 Å². The van der Waals surface area contributed by atoms with Crippen LogP contribution in [0.25, 0.3) is 0 Å². The minimum absolute atomic E-state index is 0.0424. The Morgan fingerprint density at radius 2 is 2.14 bits per heavy atom. The number of aliphatic hydroxyl groups is 1. The average molecular weight is 296 g/mol. The Bertz CT molecular complexity index is 564. The van der Waals surface area contributed by atoms with Gasteiger partial charge in [-0.05, 0) is 30.5 Å². The molecule has 0 amide bonds. The van der Waals surface area contributed by atoms with E-state index in [1.165, 1.54) is 0 Å². The number of hydrogen-bond acceptors (Lipinski definition) is 2. The number of hydrogen-bond donors (Lipinski definition) is 1. The third-order valence-electron chi connectivity index (χ3n) is 4.24. The fraction of sp³-hybridized carbons (Fsp3) is 0.400. The average Bonchev–Trinajstić information content (AvgIpc) is 2.55. The van der Waals surface area contributed by atoms with Gasteiger partial charge < -0.3 is 9.84 Å². The van der Waals surface area contributed by atoms with Crippen LogP contribution in [0, 0.1) is 17.8 Å². The Hall–Kier alpha value is -1.82. The van der Waals surface area contributed by atoms with Crippen molar-refractivity contribution in [3.63, 3.8) is 0 Å². The summed E-state index contributed by atoms with van der Waals surface area (Å²) in [6.45, 7) is 8.68. The molecule has 0 heterocycles. The monoisotopic (exact) mass is 296 g/mol. The van der Waals surface area contributed by atoms with Crippen molar-refractivity contribution in [1.82, 2.24) is 0 Å². The molecule has 1 N–H and O–H groups in total. The smallest absolute Gasteiger partial charge is 0.108 e. The molecule has 2 heteroatoms. The maximum atomic E-state index is 10.6. The maximum Gasteiger partial charge on any atom is 0.108 e. The number of benzene rings is 1. The molecular weight excluding hydrogens is 272 g/mol. The van der Waals surface area contributed by atoms with Crippen LogP contribution in [-0.2, 0) is 4.74 Å². The lowest BCUT2D eigenvalue weighted by Crippen LogP contribution is -2.40. The molecule has 0 unspecified atom stereocenters. The van der Waals surface area contributed by atoms with Crippen LogP contribution in [0.4, 0.5) is 0 Å². The van der Waals surface area contributed by atoms with Crippen molar-refractivity contribution >= 4 is 0 Å². The topological polar surface area (TPSA) is 29.5 Å². The summed E-state index contributed by atoms with van der Waals surface area (Å²) in [5.74, 6) is 6.10. The molecule has 0 aromatic heterocycles. The summed E-state index contributed by atoms with van der Waals surface area (Å²) in [5, 5.41) is 10.6. The number of rotatable bonds is 5. The first kappa shape index (κ1) is 16.5. The van der Waals surface area contributed by atoms with Gasteiger partial charge in [0.1, 0.15) is 6.61 Å². The zero-order valence-corrected chi connectivity index (χ0v) is 13.1. The molecule has 1 saturated carbocycles. The lowest BCUT2D eigenvalue weighted by Gasteiger charge is -2.38. The first-order valence-electron chi connectivity index (χ1n) is 7.81. The molecular formula is C20H24O2. The molecule has 1 aromatic carbocycles. The van der Waals surface area contributed by atoms with E-state index in [4.69, 9.17) is 4.74 Å². The first-order valence-corrected chi connectivity index (χ1v) is 7.81. The summed E-state index contributed by atoms with van der Waals surface area (Å²) >= 11 is 0. The lowest BCUT2D eigenvalue weighted by atomic mass is 9.72. The molecule has 0 aliphatic heterocycles. The minimum atomic E-state index is -0.825. The van der Waals surface area contributed by atoms with Crippen LogP contribution in [0.5, 0.6) is 0 Å². The predicted octanol–water partition coefficient (Wildman–Crippen LogP) is 3.72. The Balaban J connectivity index is 1.80. The van der Waals surface area contributed by atoms with E-state index in [0.29, 0.717) is 13.2 Å². The summed E-state index contributed by atoms with van der Waals surface area (Å²) in [6, 6.07) is 9.84. The molecule has 1 aromatic rings. The largest absolute Gasteiger partial charge is 0.385 e. The molecule has 0 saturated heterocycles. The summed E-state index contributed by atoms with van der Waals surface area (Å²) in [6.07, 6.45) is 5.52. The van der Waals surface area contributed by atoms with Crippen molar-refractivity contribution in [2.24, 2.45) is 5.92 Å². The molecule has 116 valence electrons. The van der Waals surface area contributed by atoms with E-state index in [9.17, 15) is 5.11 Å². The van der Waals surface area contributed by atoms with Crippen molar-refractivity contribution in [2.75, 3.05) is 13.2 Å². The van der Waals surface area contributed by atoms with E-state index in [1.54, 1.807) is 6.08 Å². The minimum Gasteiger partial charge on any atom is -0.385 e. The zero-order valence-electron chi connectivity index (χ0n) is 13.1. The summed E-state index contributed by atoms with van der Waals surface area (Å²) in [7, 11) is 0. The Kier molecular flexibility index (Phi) is 6.00. The van der Waals surface area contributed by atoms with Crippen LogP contribution in [0.1, 0.15) is 31.2 Å². The van der Waals surface area contributed by atoms with Gasteiger partial charge in [-0.2, -0.15) is 0 Å². The fourth-order valence-corrected chi connectivity index (χ4v) is 2.98. The maximum absolute atomic E-state index is 10.6. The van der Waals surface area contributed by atoms with Crippen molar-refractivity contribution in [1.29, 1.82) is 0 Å². The standard InChI is InChI=1S/C20H24O2/c1-3-20(21)14-8-7-13-19(20)17(2)16-22-15-9-12-18-10-5-4-6-11-18/h3-6,10-11,19,21H,1-2,7-8,13-16H2/t19-,20-/m1/s1. The van der Waals surface area contributed by atoms with Crippen molar-refractivity contribution < 1.29 is 9.84 Å². The quantitative estimate of drug-likeness (QED) is 0.510. The SMILES string of the molecule is C=C[C@@]1(O)CCCC[C@@H]1C(=C)COCC#Cc1ccccc1.